The lowest BCUT2D eigenvalue weighted by Crippen LogP contribution is -2.38. The van der Waals surface area contributed by atoms with E-state index in [1.807, 2.05) is 6.92 Å². The minimum absolute atomic E-state index is 0.0491. The highest BCUT2D eigenvalue weighted by Gasteiger charge is 2.36. The Balaban J connectivity index is 1.46. The molecule has 0 unspecified atom stereocenters. The lowest BCUT2D eigenvalue weighted by Gasteiger charge is -2.34. The van der Waals surface area contributed by atoms with Crippen LogP contribution in [0.25, 0.3) is 11.2 Å². The zero-order chi connectivity index (χ0) is 32.0. The summed E-state index contributed by atoms with van der Waals surface area (Å²) in [7, 11) is 5.43. The van der Waals surface area contributed by atoms with Gasteiger partial charge < -0.3 is 25.8 Å². The van der Waals surface area contributed by atoms with Crippen LogP contribution in [-0.2, 0) is 18.2 Å². The molecule has 0 amide bonds. The number of rotatable bonds is 10. The zero-order valence-corrected chi connectivity index (χ0v) is 27.3. The number of carbonyl (C=O) groups is 1. The molecule has 0 bridgehead atoms. The molecule has 0 aromatic carbocycles. The predicted molar refractivity (Wildman–Crippen MR) is 173 cm³/mol. The van der Waals surface area contributed by atoms with E-state index in [0.29, 0.717) is 71.7 Å². The molecular weight excluding hydrogens is 592 g/mol. The summed E-state index contributed by atoms with van der Waals surface area (Å²) >= 11 is 1.43. The third-order valence-electron chi connectivity index (χ3n) is 9.85. The number of Topliss-reactive ketones (excluding diaryl/α,β-unsaturated/α-hetero) is 1. The average molecular weight is 635 g/mol. The normalized spacial score (nSPS) is 23.8. The standard InChI is InChI=1S/C32H42N8O4S/c1-5-8-21(25(34)20-10-6-11-23-24(20)22(15-33)28(35)45-23)27(41)29-36-30-26(31(37-29)44-16-17-9-7-12-38(17)2)39(3)32(42)40(30)18-13-19(14-18)43-4/h17-20H,5-14,16,34-35H2,1-4H3/b25-21-/t17-,18?,19?,20-/m0/s1. The van der Waals surface area contributed by atoms with Gasteiger partial charge in [-0.3, -0.25) is 13.9 Å². The summed E-state index contributed by atoms with van der Waals surface area (Å²) in [6.45, 7) is 3.36. The number of likely N-dealkylation sites (N-methyl/N-ethyl adjacent to an activating group) is 1. The number of imidazole rings is 1. The van der Waals surface area contributed by atoms with Crippen LogP contribution in [0.2, 0.25) is 0 Å². The molecule has 13 heteroatoms. The summed E-state index contributed by atoms with van der Waals surface area (Å²) in [5.74, 6) is -0.516. The molecule has 12 nitrogen and oxygen atoms in total. The second kappa shape index (κ2) is 12.6. The molecule has 3 aromatic heterocycles. The van der Waals surface area contributed by atoms with Gasteiger partial charge in [-0.1, -0.05) is 13.3 Å². The molecule has 3 aliphatic rings. The summed E-state index contributed by atoms with van der Waals surface area (Å²) in [6.07, 6.45) is 7.03. The van der Waals surface area contributed by atoms with E-state index in [1.54, 1.807) is 18.7 Å². The van der Waals surface area contributed by atoms with Crippen LogP contribution < -0.4 is 21.9 Å². The summed E-state index contributed by atoms with van der Waals surface area (Å²) in [5, 5.41) is 10.4. The molecule has 2 atom stereocenters. The SMILES string of the molecule is CCC/C(C(=O)c1nc(OC[C@@H]2CCCN2C)c2c(n1)n(C1CC(OC)C1)c(=O)n2C)=C(/N)[C@H]1CCCc2sc(N)c(C#N)c21. The monoisotopic (exact) mass is 634 g/mol. The van der Waals surface area contributed by atoms with Crippen LogP contribution in [0.15, 0.2) is 16.1 Å². The molecule has 240 valence electrons. The van der Waals surface area contributed by atoms with Crippen molar-refractivity contribution in [2.75, 3.05) is 33.0 Å². The van der Waals surface area contributed by atoms with Crippen molar-refractivity contribution >= 4 is 33.3 Å². The van der Waals surface area contributed by atoms with Crippen LogP contribution in [0.1, 0.15) is 96.9 Å². The Labute approximate surface area is 266 Å². The van der Waals surface area contributed by atoms with Crippen molar-refractivity contribution in [2.24, 2.45) is 12.8 Å². The fourth-order valence-electron chi connectivity index (χ4n) is 7.16. The molecule has 0 radical (unpaired) electrons. The maximum absolute atomic E-state index is 14.4. The van der Waals surface area contributed by atoms with E-state index in [2.05, 4.69) is 18.0 Å². The van der Waals surface area contributed by atoms with Gasteiger partial charge in [-0.2, -0.15) is 10.2 Å². The number of ether oxygens (including phenoxy) is 2. The first kappa shape index (κ1) is 31.3. The summed E-state index contributed by atoms with van der Waals surface area (Å²) in [6, 6.07) is 2.37. The lowest BCUT2D eigenvalue weighted by molar-refractivity contribution is 0.00614. The largest absolute Gasteiger partial charge is 0.474 e. The number of allylic oxidation sites excluding steroid dienone is 2. The van der Waals surface area contributed by atoms with E-state index in [4.69, 9.17) is 30.9 Å². The van der Waals surface area contributed by atoms with Crippen molar-refractivity contribution in [3.63, 3.8) is 0 Å². The number of fused-ring (bicyclic) bond motifs is 2. The van der Waals surface area contributed by atoms with Gasteiger partial charge in [0.05, 0.1) is 11.7 Å². The highest BCUT2D eigenvalue weighted by Crippen LogP contribution is 2.45. The van der Waals surface area contributed by atoms with E-state index in [0.717, 1.165) is 42.7 Å². The van der Waals surface area contributed by atoms with Crippen LogP contribution in [0.3, 0.4) is 0 Å². The minimum atomic E-state index is -0.390. The smallest absolute Gasteiger partial charge is 0.330 e. The van der Waals surface area contributed by atoms with Gasteiger partial charge in [0.1, 0.15) is 17.7 Å². The number of hydrogen-bond donors (Lipinski definition) is 2. The predicted octanol–water partition coefficient (Wildman–Crippen LogP) is 3.78. The molecule has 4 heterocycles. The number of nitrogen functional groups attached to an aromatic ring is 1. The third kappa shape index (κ3) is 5.42. The zero-order valence-electron chi connectivity index (χ0n) is 26.5. The number of aromatic nitrogens is 4. The Morgan fingerprint density at radius 2 is 1.98 bits per heavy atom. The number of ketones is 1. The second-order valence-electron chi connectivity index (χ2n) is 12.6. The first-order chi connectivity index (χ1) is 21.7. The third-order valence-corrected chi connectivity index (χ3v) is 10.9. The molecule has 2 fully saturated rings. The first-order valence-electron chi connectivity index (χ1n) is 15.9. The Kier molecular flexibility index (Phi) is 8.74. The van der Waals surface area contributed by atoms with Crippen molar-refractivity contribution in [3.05, 3.63) is 43.6 Å². The molecule has 45 heavy (non-hydrogen) atoms. The number of thiophene rings is 1. The van der Waals surface area contributed by atoms with E-state index < -0.39 is 0 Å². The van der Waals surface area contributed by atoms with Gasteiger partial charge in [-0.15, -0.1) is 11.3 Å². The summed E-state index contributed by atoms with van der Waals surface area (Å²) in [5.41, 5.74) is 15.9. The number of nitriles is 1. The van der Waals surface area contributed by atoms with Gasteiger partial charge in [-0.05, 0) is 70.5 Å². The van der Waals surface area contributed by atoms with Gasteiger partial charge in [0.15, 0.2) is 11.2 Å². The van der Waals surface area contributed by atoms with Crippen molar-refractivity contribution in [2.45, 2.75) is 88.8 Å². The second-order valence-corrected chi connectivity index (χ2v) is 13.7. The summed E-state index contributed by atoms with van der Waals surface area (Å²) in [4.78, 5) is 40.8. The van der Waals surface area contributed by atoms with E-state index >= 15 is 0 Å². The number of methoxy groups -OCH3 is 1. The molecule has 1 saturated heterocycles. The van der Waals surface area contributed by atoms with Gasteiger partial charge in [0, 0.05) is 48.3 Å². The van der Waals surface area contributed by atoms with Crippen molar-refractivity contribution < 1.29 is 14.3 Å². The Bertz CT molecular complexity index is 1760. The van der Waals surface area contributed by atoms with E-state index in [-0.39, 0.29) is 47.3 Å². The maximum atomic E-state index is 14.4. The molecule has 3 aromatic rings. The number of carbonyl (C=O) groups excluding carboxylic acids is 1. The summed E-state index contributed by atoms with van der Waals surface area (Å²) < 4.78 is 15.0. The first-order valence-corrected chi connectivity index (χ1v) is 16.7. The number of nitrogens with two attached hydrogens (primary N) is 2. The van der Waals surface area contributed by atoms with Crippen molar-refractivity contribution in [1.82, 2.24) is 24.0 Å². The Morgan fingerprint density at radius 1 is 1.20 bits per heavy atom. The van der Waals surface area contributed by atoms with Gasteiger partial charge in [-0.25, -0.2) is 9.78 Å². The molecular formula is C32H42N8O4S. The number of likely N-dealkylation sites (tertiary alicyclic amines) is 1. The van der Waals surface area contributed by atoms with Crippen LogP contribution in [-0.4, -0.2) is 69.2 Å². The number of nitrogens with zero attached hydrogens (tertiary/aromatic N) is 6. The molecule has 6 rings (SSSR count). The molecule has 0 spiro atoms. The van der Waals surface area contributed by atoms with E-state index in [1.165, 1.54) is 15.9 Å². The number of anilines is 1. The lowest BCUT2D eigenvalue weighted by atomic mass is 9.80. The number of aryl methyl sites for hydroxylation is 2. The van der Waals surface area contributed by atoms with Crippen LogP contribution in [0.5, 0.6) is 5.88 Å². The van der Waals surface area contributed by atoms with Crippen LogP contribution >= 0.6 is 11.3 Å². The Hall–Kier alpha value is -3.73. The maximum Gasteiger partial charge on any atom is 0.330 e. The van der Waals surface area contributed by atoms with Crippen LogP contribution in [0, 0.1) is 11.3 Å². The van der Waals surface area contributed by atoms with Crippen molar-refractivity contribution in [1.29, 1.82) is 5.26 Å². The number of hydrogen-bond acceptors (Lipinski definition) is 11. The van der Waals surface area contributed by atoms with Gasteiger partial charge in [0.2, 0.25) is 17.5 Å². The minimum Gasteiger partial charge on any atom is -0.474 e. The fourth-order valence-corrected chi connectivity index (χ4v) is 8.28. The van der Waals surface area contributed by atoms with E-state index in [9.17, 15) is 14.9 Å². The highest BCUT2D eigenvalue weighted by atomic mass is 32.1. The molecule has 1 aliphatic heterocycles. The highest BCUT2D eigenvalue weighted by molar-refractivity contribution is 7.16. The molecule has 1 saturated carbocycles. The van der Waals surface area contributed by atoms with Crippen LogP contribution in [0.4, 0.5) is 5.00 Å². The molecule has 4 N–H and O–H groups in total. The van der Waals surface area contributed by atoms with Crippen molar-refractivity contribution in [3.8, 4) is 11.9 Å². The quantitative estimate of drug-likeness (QED) is 0.247. The molecule has 2 aliphatic carbocycles. The Morgan fingerprint density at radius 3 is 2.64 bits per heavy atom. The van der Waals surface area contributed by atoms with Gasteiger partial charge in [0.25, 0.3) is 0 Å². The average Bonchev–Trinajstić information content (AvgIpc) is 3.65. The topological polar surface area (TPSA) is 167 Å². The van der Waals surface area contributed by atoms with Gasteiger partial charge >= 0.3 is 5.69 Å². The fraction of sp³-hybridized carbons (Fsp3) is 0.594.